The summed E-state index contributed by atoms with van der Waals surface area (Å²) in [6.07, 6.45) is 3.92. The fraction of sp³-hybridized carbons (Fsp3) is 0.429. The van der Waals surface area contributed by atoms with Gasteiger partial charge in [-0.05, 0) is 37.0 Å². The number of fused-ring (bicyclic) bond motifs is 1. The molecule has 8 heteroatoms. The van der Waals surface area contributed by atoms with Gasteiger partial charge in [-0.25, -0.2) is 0 Å². The first kappa shape index (κ1) is 18.1. The lowest BCUT2D eigenvalue weighted by atomic mass is 9.73. The average Bonchev–Trinajstić information content (AvgIpc) is 3.43. The molecule has 4 heterocycles. The molecule has 2 aliphatic heterocycles. The molecule has 1 amide bonds. The summed E-state index contributed by atoms with van der Waals surface area (Å²) < 4.78 is 7.24. The minimum atomic E-state index is -0.507. The van der Waals surface area contributed by atoms with Crippen molar-refractivity contribution in [1.82, 2.24) is 25.1 Å². The number of aromatic nitrogens is 4. The minimum Gasteiger partial charge on any atom is -0.381 e. The Labute approximate surface area is 168 Å². The van der Waals surface area contributed by atoms with Crippen LogP contribution in [-0.4, -0.2) is 58.1 Å². The monoisotopic (exact) mass is 392 g/mol. The fourth-order valence-electron chi connectivity index (χ4n) is 4.42. The molecule has 0 aliphatic carbocycles. The van der Waals surface area contributed by atoms with Crippen LogP contribution in [0.1, 0.15) is 24.8 Å². The maximum absolute atomic E-state index is 13.4. The lowest BCUT2D eigenvalue weighted by Crippen LogP contribution is -2.51. The number of amides is 1. The second-order valence-electron chi connectivity index (χ2n) is 7.79. The van der Waals surface area contributed by atoms with E-state index >= 15 is 0 Å². The molecule has 150 valence electrons. The molecular weight excluding hydrogens is 368 g/mol. The van der Waals surface area contributed by atoms with Gasteiger partial charge in [-0.3, -0.25) is 4.79 Å². The van der Waals surface area contributed by atoms with Crippen molar-refractivity contribution in [2.75, 3.05) is 31.2 Å². The van der Waals surface area contributed by atoms with Crippen molar-refractivity contribution >= 4 is 17.4 Å². The molecule has 8 nitrogen and oxygen atoms in total. The van der Waals surface area contributed by atoms with Crippen LogP contribution in [0.3, 0.4) is 0 Å². The molecule has 3 aromatic rings. The summed E-state index contributed by atoms with van der Waals surface area (Å²) in [7, 11) is 0. The topological polar surface area (TPSA) is 84.7 Å². The van der Waals surface area contributed by atoms with Crippen LogP contribution in [0.15, 0.2) is 48.8 Å². The van der Waals surface area contributed by atoms with Gasteiger partial charge in [0.25, 0.3) is 0 Å². The molecule has 0 radical (unpaired) electrons. The third kappa shape index (κ3) is 3.33. The number of hydrogen-bond acceptors (Lipinski definition) is 6. The van der Waals surface area contributed by atoms with Gasteiger partial charge in [-0.2, -0.15) is 4.52 Å². The highest BCUT2D eigenvalue weighted by atomic mass is 16.5. The molecule has 1 N–H and O–H groups in total. The highest BCUT2D eigenvalue weighted by Crippen LogP contribution is 2.35. The maximum Gasteiger partial charge on any atom is 0.231 e. The van der Waals surface area contributed by atoms with E-state index in [0.29, 0.717) is 26.1 Å². The van der Waals surface area contributed by atoms with Crippen LogP contribution >= 0.6 is 0 Å². The third-order valence-corrected chi connectivity index (χ3v) is 6.10. The van der Waals surface area contributed by atoms with Crippen LogP contribution in [0.5, 0.6) is 0 Å². The first-order valence-corrected chi connectivity index (χ1v) is 10.1. The maximum atomic E-state index is 13.4. The van der Waals surface area contributed by atoms with Crippen molar-refractivity contribution in [3.63, 3.8) is 0 Å². The Kier molecular flexibility index (Phi) is 4.63. The lowest BCUT2D eigenvalue weighted by Gasteiger charge is -2.37. The van der Waals surface area contributed by atoms with Gasteiger partial charge in [0.2, 0.25) is 5.91 Å². The summed E-state index contributed by atoms with van der Waals surface area (Å²) in [4.78, 5) is 15.6. The normalized spacial score (nSPS) is 21.4. The largest absolute Gasteiger partial charge is 0.381 e. The Balaban J connectivity index is 1.31. The number of nitrogens with one attached hydrogen (secondary N) is 1. The van der Waals surface area contributed by atoms with Gasteiger partial charge in [-0.1, -0.05) is 30.3 Å². The first-order chi connectivity index (χ1) is 14.2. The van der Waals surface area contributed by atoms with E-state index < -0.39 is 5.41 Å². The Hall–Kier alpha value is -3.00. The molecule has 2 fully saturated rings. The van der Waals surface area contributed by atoms with Gasteiger partial charge in [0.1, 0.15) is 12.1 Å². The molecule has 0 bridgehead atoms. The van der Waals surface area contributed by atoms with E-state index in [0.717, 1.165) is 36.5 Å². The smallest absolute Gasteiger partial charge is 0.231 e. The zero-order valence-corrected chi connectivity index (χ0v) is 16.2. The van der Waals surface area contributed by atoms with E-state index in [1.165, 1.54) is 0 Å². The highest BCUT2D eigenvalue weighted by molar-refractivity contribution is 5.88. The molecule has 5 rings (SSSR count). The van der Waals surface area contributed by atoms with Gasteiger partial charge >= 0.3 is 0 Å². The molecule has 2 aliphatic rings. The SMILES string of the molecule is O=C(NC1CCN(c2ccc3nncn3n2)C1)C1(c2ccccc2)CCOCC1. The summed E-state index contributed by atoms with van der Waals surface area (Å²) in [6.45, 7) is 2.82. The van der Waals surface area contributed by atoms with Crippen LogP contribution in [0.2, 0.25) is 0 Å². The fourth-order valence-corrected chi connectivity index (χ4v) is 4.42. The van der Waals surface area contributed by atoms with E-state index in [4.69, 9.17) is 4.74 Å². The van der Waals surface area contributed by atoms with E-state index in [-0.39, 0.29) is 11.9 Å². The molecule has 1 aromatic carbocycles. The molecule has 29 heavy (non-hydrogen) atoms. The van der Waals surface area contributed by atoms with Gasteiger partial charge < -0.3 is 15.0 Å². The summed E-state index contributed by atoms with van der Waals surface area (Å²) in [5.41, 5.74) is 1.30. The Morgan fingerprint density at radius 2 is 1.97 bits per heavy atom. The predicted octanol–water partition coefficient (Wildman–Crippen LogP) is 1.57. The number of carbonyl (C=O) groups excluding carboxylic acids is 1. The predicted molar refractivity (Wildman–Crippen MR) is 108 cm³/mol. The zero-order chi connectivity index (χ0) is 19.7. The van der Waals surface area contributed by atoms with Crippen molar-refractivity contribution in [2.24, 2.45) is 0 Å². The molecule has 2 saturated heterocycles. The lowest BCUT2D eigenvalue weighted by molar-refractivity contribution is -0.131. The Morgan fingerprint density at radius 3 is 2.79 bits per heavy atom. The number of ether oxygens (including phenoxy) is 1. The van der Waals surface area contributed by atoms with E-state index in [2.05, 4.69) is 37.6 Å². The number of benzene rings is 1. The number of nitrogens with zero attached hydrogens (tertiary/aromatic N) is 5. The van der Waals surface area contributed by atoms with Crippen LogP contribution in [0.25, 0.3) is 5.65 Å². The van der Waals surface area contributed by atoms with E-state index in [1.807, 2.05) is 30.3 Å². The van der Waals surface area contributed by atoms with Crippen molar-refractivity contribution < 1.29 is 9.53 Å². The minimum absolute atomic E-state index is 0.101. The molecule has 0 spiro atoms. The van der Waals surface area contributed by atoms with Crippen LogP contribution in [-0.2, 0) is 14.9 Å². The summed E-state index contributed by atoms with van der Waals surface area (Å²) in [6, 6.07) is 14.1. The first-order valence-electron chi connectivity index (χ1n) is 10.1. The summed E-state index contributed by atoms with van der Waals surface area (Å²) in [5.74, 6) is 0.985. The van der Waals surface area contributed by atoms with Gasteiger partial charge in [-0.15, -0.1) is 15.3 Å². The molecular formula is C21H24N6O2. The number of hydrogen-bond donors (Lipinski definition) is 1. The van der Waals surface area contributed by atoms with E-state index in [1.54, 1.807) is 10.8 Å². The van der Waals surface area contributed by atoms with Gasteiger partial charge in [0, 0.05) is 32.3 Å². The Morgan fingerprint density at radius 1 is 1.14 bits per heavy atom. The van der Waals surface area contributed by atoms with Crippen molar-refractivity contribution in [1.29, 1.82) is 0 Å². The number of rotatable bonds is 4. The second kappa shape index (κ2) is 7.44. The zero-order valence-electron chi connectivity index (χ0n) is 16.2. The van der Waals surface area contributed by atoms with Crippen LogP contribution in [0.4, 0.5) is 5.82 Å². The number of anilines is 1. The highest BCUT2D eigenvalue weighted by Gasteiger charge is 2.42. The van der Waals surface area contributed by atoms with Gasteiger partial charge in [0.15, 0.2) is 5.65 Å². The van der Waals surface area contributed by atoms with Crippen molar-refractivity contribution in [2.45, 2.75) is 30.7 Å². The van der Waals surface area contributed by atoms with Crippen molar-refractivity contribution in [3.8, 4) is 0 Å². The average molecular weight is 392 g/mol. The molecule has 2 aromatic heterocycles. The van der Waals surface area contributed by atoms with Crippen LogP contribution in [0, 0.1) is 0 Å². The third-order valence-electron chi connectivity index (χ3n) is 6.10. The molecule has 0 saturated carbocycles. The van der Waals surface area contributed by atoms with E-state index in [9.17, 15) is 4.79 Å². The molecule has 1 atom stereocenters. The summed E-state index contributed by atoms with van der Waals surface area (Å²) >= 11 is 0. The quantitative estimate of drug-likeness (QED) is 0.726. The number of carbonyl (C=O) groups is 1. The summed E-state index contributed by atoms with van der Waals surface area (Å²) in [5, 5.41) is 15.8. The van der Waals surface area contributed by atoms with Gasteiger partial charge in [0.05, 0.1) is 5.41 Å². The second-order valence-corrected chi connectivity index (χ2v) is 7.79. The van der Waals surface area contributed by atoms with Crippen LogP contribution < -0.4 is 10.2 Å². The molecule has 1 unspecified atom stereocenters. The standard InChI is InChI=1S/C21H24N6O2/c28-20(21(9-12-29-13-10-21)16-4-2-1-3-5-16)23-17-8-11-26(14-17)19-7-6-18-24-22-15-27(18)25-19/h1-7,15,17H,8-14H2,(H,23,28). The Bertz CT molecular complexity index is 999. The van der Waals surface area contributed by atoms with Crippen molar-refractivity contribution in [3.05, 3.63) is 54.4 Å².